The lowest BCUT2D eigenvalue weighted by Crippen LogP contribution is -2.47. The molecule has 1 saturated heterocycles. The molecule has 1 aromatic carbocycles. The summed E-state index contributed by atoms with van der Waals surface area (Å²) in [6, 6.07) is 3.48. The predicted octanol–water partition coefficient (Wildman–Crippen LogP) is 4.79. The number of nitrogens with one attached hydrogen (secondary N) is 1. The molecule has 0 aromatic heterocycles. The van der Waals surface area contributed by atoms with Gasteiger partial charge in [0, 0.05) is 37.8 Å². The third-order valence-corrected chi connectivity index (χ3v) is 5.29. The van der Waals surface area contributed by atoms with E-state index in [-0.39, 0.29) is 29.9 Å². The number of alkyl halides is 3. The summed E-state index contributed by atoms with van der Waals surface area (Å²) in [6.45, 7) is 3.08. The van der Waals surface area contributed by atoms with E-state index in [4.69, 9.17) is 0 Å². The number of nitrogens with zero attached hydrogens (tertiary/aromatic N) is 1. The maximum atomic E-state index is 14.8. The minimum Gasteiger partial charge on any atom is -0.314 e. The van der Waals surface area contributed by atoms with Gasteiger partial charge < -0.3 is 5.32 Å². The van der Waals surface area contributed by atoms with Crippen LogP contribution in [0.15, 0.2) is 18.2 Å². The van der Waals surface area contributed by atoms with Crippen molar-refractivity contribution in [1.82, 2.24) is 10.2 Å². The molecule has 1 atom stereocenters. The fourth-order valence-electron chi connectivity index (χ4n) is 4.16. The monoisotopic (exact) mass is 380 g/mol. The van der Waals surface area contributed by atoms with Crippen molar-refractivity contribution < 1.29 is 17.6 Å². The second kappa shape index (κ2) is 8.69. The van der Waals surface area contributed by atoms with E-state index in [1.165, 1.54) is 6.07 Å². The molecule has 0 bridgehead atoms. The maximum absolute atomic E-state index is 14.8. The first-order valence-corrected chi connectivity index (χ1v) is 8.79. The van der Waals surface area contributed by atoms with E-state index in [2.05, 4.69) is 10.2 Å². The average molecular weight is 381 g/mol. The zero-order chi connectivity index (χ0) is 17.2. The van der Waals surface area contributed by atoms with Crippen LogP contribution in [0, 0.1) is 11.7 Å². The van der Waals surface area contributed by atoms with Gasteiger partial charge in [0.2, 0.25) is 0 Å². The van der Waals surface area contributed by atoms with Crippen LogP contribution in [0.25, 0.3) is 0 Å². The molecule has 7 heteroatoms. The first-order chi connectivity index (χ1) is 11.5. The molecule has 2 nitrogen and oxygen atoms in total. The van der Waals surface area contributed by atoms with E-state index in [0.29, 0.717) is 0 Å². The van der Waals surface area contributed by atoms with E-state index in [9.17, 15) is 17.6 Å². The molecule has 1 heterocycles. The molecule has 1 saturated carbocycles. The van der Waals surface area contributed by atoms with Gasteiger partial charge in [0.25, 0.3) is 0 Å². The second-order valence-corrected chi connectivity index (χ2v) is 6.84. The fraction of sp³-hybridized carbons (Fsp3) is 0.667. The van der Waals surface area contributed by atoms with Crippen LogP contribution in [0.5, 0.6) is 0 Å². The van der Waals surface area contributed by atoms with E-state index < -0.39 is 17.6 Å². The minimum absolute atomic E-state index is 0. The topological polar surface area (TPSA) is 15.3 Å². The third-order valence-electron chi connectivity index (χ3n) is 5.29. The molecule has 2 fully saturated rings. The Labute approximate surface area is 152 Å². The smallest absolute Gasteiger partial charge is 0.314 e. The zero-order valence-electron chi connectivity index (χ0n) is 14.1. The van der Waals surface area contributed by atoms with Crippen LogP contribution >= 0.6 is 12.4 Å². The summed E-state index contributed by atoms with van der Waals surface area (Å²) in [5, 5.41) is 3.26. The Balaban J connectivity index is 0.00000225. The molecule has 0 amide bonds. The SMILES string of the molecule is Cl.Fc1c([C@@H](C2CCCCC2)N2CCNCC2)cccc1C(F)(F)F. The van der Waals surface area contributed by atoms with Crippen molar-refractivity contribution in [2.24, 2.45) is 5.92 Å². The molecule has 2 aliphatic rings. The molecule has 1 aliphatic heterocycles. The molecule has 1 aliphatic carbocycles. The van der Waals surface area contributed by atoms with Gasteiger partial charge in [-0.1, -0.05) is 31.4 Å². The standard InChI is InChI=1S/C18H24F4N2.ClH/c19-16-14(7-4-8-15(16)18(20,21)22)17(13-5-2-1-3-6-13)24-11-9-23-10-12-24;/h4,7-8,13,17,23H,1-3,5-6,9-12H2;1H/t17-;/m1./s1. The Morgan fingerprint density at radius 1 is 1.04 bits per heavy atom. The van der Waals surface area contributed by atoms with Crippen LogP contribution in [-0.2, 0) is 6.18 Å². The average Bonchev–Trinajstić information content (AvgIpc) is 2.58. The molecule has 142 valence electrons. The largest absolute Gasteiger partial charge is 0.419 e. The summed E-state index contributed by atoms with van der Waals surface area (Å²) in [7, 11) is 0. The van der Waals surface area contributed by atoms with Gasteiger partial charge in [-0.25, -0.2) is 4.39 Å². The molecule has 1 aromatic rings. The number of piperazine rings is 1. The molecule has 0 radical (unpaired) electrons. The van der Waals surface area contributed by atoms with Crippen molar-refractivity contribution in [1.29, 1.82) is 0 Å². The van der Waals surface area contributed by atoms with Crippen molar-refractivity contribution >= 4 is 12.4 Å². The lowest BCUT2D eigenvalue weighted by molar-refractivity contribution is -0.140. The van der Waals surface area contributed by atoms with Gasteiger partial charge >= 0.3 is 6.18 Å². The van der Waals surface area contributed by atoms with Gasteiger partial charge in [-0.15, -0.1) is 12.4 Å². The Kier molecular flexibility index (Phi) is 7.11. The van der Waals surface area contributed by atoms with Gasteiger partial charge in [-0.3, -0.25) is 4.90 Å². The van der Waals surface area contributed by atoms with Crippen molar-refractivity contribution in [3.8, 4) is 0 Å². The molecule has 0 spiro atoms. The summed E-state index contributed by atoms with van der Waals surface area (Å²) in [5.74, 6) is -0.853. The third kappa shape index (κ3) is 4.66. The fourth-order valence-corrected chi connectivity index (χ4v) is 4.16. The van der Waals surface area contributed by atoms with Crippen LogP contribution < -0.4 is 5.32 Å². The van der Waals surface area contributed by atoms with Gasteiger partial charge in [-0.05, 0) is 24.8 Å². The zero-order valence-corrected chi connectivity index (χ0v) is 14.9. The van der Waals surface area contributed by atoms with Gasteiger partial charge in [0.05, 0.1) is 5.56 Å². The van der Waals surface area contributed by atoms with E-state index >= 15 is 0 Å². The van der Waals surface area contributed by atoms with Gasteiger partial charge in [-0.2, -0.15) is 13.2 Å². The summed E-state index contributed by atoms with van der Waals surface area (Å²) < 4.78 is 54.1. The van der Waals surface area contributed by atoms with Crippen LogP contribution in [0.1, 0.15) is 49.3 Å². The number of halogens is 5. The number of benzene rings is 1. The van der Waals surface area contributed by atoms with Crippen molar-refractivity contribution in [2.75, 3.05) is 26.2 Å². The highest BCUT2D eigenvalue weighted by atomic mass is 35.5. The lowest BCUT2D eigenvalue weighted by atomic mass is 9.79. The Hall–Kier alpha value is -0.850. The molecule has 1 N–H and O–H groups in total. The van der Waals surface area contributed by atoms with Crippen LogP contribution in [0.3, 0.4) is 0 Å². The van der Waals surface area contributed by atoms with Crippen molar-refractivity contribution in [3.63, 3.8) is 0 Å². The predicted molar refractivity (Wildman–Crippen MR) is 92.4 cm³/mol. The highest BCUT2D eigenvalue weighted by Crippen LogP contribution is 2.42. The molecule has 3 rings (SSSR count). The quantitative estimate of drug-likeness (QED) is 0.758. The highest BCUT2D eigenvalue weighted by Gasteiger charge is 2.38. The van der Waals surface area contributed by atoms with Crippen LogP contribution in [0.4, 0.5) is 17.6 Å². The normalized spacial score (nSPS) is 21.6. The molecule has 25 heavy (non-hydrogen) atoms. The molecule has 0 unspecified atom stereocenters. The summed E-state index contributed by atoms with van der Waals surface area (Å²) in [5.41, 5.74) is -0.922. The van der Waals surface area contributed by atoms with Crippen LogP contribution in [0.2, 0.25) is 0 Å². The molecular weight excluding hydrogens is 356 g/mol. The Bertz CT molecular complexity index is 534. The number of hydrogen-bond acceptors (Lipinski definition) is 2. The summed E-state index contributed by atoms with van der Waals surface area (Å²) in [6.07, 6.45) is 0.590. The minimum atomic E-state index is -4.65. The van der Waals surface area contributed by atoms with E-state index in [1.54, 1.807) is 6.07 Å². The van der Waals surface area contributed by atoms with Crippen LogP contribution in [-0.4, -0.2) is 31.1 Å². The highest BCUT2D eigenvalue weighted by molar-refractivity contribution is 5.85. The van der Waals surface area contributed by atoms with Crippen molar-refractivity contribution in [3.05, 3.63) is 35.1 Å². The van der Waals surface area contributed by atoms with E-state index in [0.717, 1.165) is 64.3 Å². The van der Waals surface area contributed by atoms with Gasteiger partial charge in [0.15, 0.2) is 0 Å². The first kappa shape index (κ1) is 20.5. The number of hydrogen-bond donors (Lipinski definition) is 1. The van der Waals surface area contributed by atoms with Gasteiger partial charge in [0.1, 0.15) is 5.82 Å². The van der Waals surface area contributed by atoms with E-state index in [1.807, 2.05) is 0 Å². The summed E-state index contributed by atoms with van der Waals surface area (Å²) >= 11 is 0. The van der Waals surface area contributed by atoms with Crippen molar-refractivity contribution in [2.45, 2.75) is 44.3 Å². The first-order valence-electron chi connectivity index (χ1n) is 8.79. The Morgan fingerprint density at radius 3 is 2.28 bits per heavy atom. The Morgan fingerprint density at radius 2 is 1.68 bits per heavy atom. The second-order valence-electron chi connectivity index (χ2n) is 6.84. The lowest BCUT2D eigenvalue weighted by Gasteiger charge is -2.41. The summed E-state index contributed by atoms with van der Waals surface area (Å²) in [4.78, 5) is 2.17. The molecular formula is C18H25ClF4N2. The maximum Gasteiger partial charge on any atom is 0.419 e. The number of rotatable bonds is 3.